The van der Waals surface area contributed by atoms with E-state index in [4.69, 9.17) is 15.8 Å². The van der Waals surface area contributed by atoms with Gasteiger partial charge in [-0.1, -0.05) is 85.8 Å². The van der Waals surface area contributed by atoms with Gasteiger partial charge in [-0.15, -0.1) is 12.3 Å². The van der Waals surface area contributed by atoms with Crippen LogP contribution in [-0.2, 0) is 20.9 Å². The summed E-state index contributed by atoms with van der Waals surface area (Å²) < 4.78 is 6.34. The van der Waals surface area contributed by atoms with Gasteiger partial charge in [-0.3, -0.25) is 24.2 Å². The van der Waals surface area contributed by atoms with E-state index in [0.717, 1.165) is 28.6 Å². The van der Waals surface area contributed by atoms with Gasteiger partial charge in [0.15, 0.2) is 5.76 Å². The second-order valence-electron chi connectivity index (χ2n) is 15.5. The normalized spacial score (nSPS) is 16.3. The number of fused-ring (bicyclic) bond motifs is 1. The molecule has 0 saturated carbocycles. The lowest BCUT2D eigenvalue weighted by atomic mass is 10.00. The maximum absolute atomic E-state index is 14.0. The van der Waals surface area contributed by atoms with Crippen molar-refractivity contribution in [3.63, 3.8) is 0 Å². The number of para-hydroxylation sites is 1. The molecule has 0 radical (unpaired) electrons. The van der Waals surface area contributed by atoms with Crippen molar-refractivity contribution in [2.24, 2.45) is 5.92 Å². The van der Waals surface area contributed by atoms with Crippen LogP contribution in [0.4, 0.5) is 5.69 Å². The van der Waals surface area contributed by atoms with Crippen LogP contribution in [0, 0.1) is 18.3 Å². The van der Waals surface area contributed by atoms with E-state index in [2.05, 4.69) is 21.2 Å². The lowest BCUT2D eigenvalue weighted by Gasteiger charge is -2.32. The van der Waals surface area contributed by atoms with E-state index in [1.54, 1.807) is 16.0 Å². The van der Waals surface area contributed by atoms with Crippen LogP contribution in [0.1, 0.15) is 48.8 Å². The molecule has 7 rings (SSSR count). The number of aromatic nitrogens is 3. The molecule has 0 aliphatic carbocycles. The predicted octanol–water partition coefficient (Wildman–Crippen LogP) is 7.02. The minimum Gasteiger partial charge on any atom is -0.436 e. The summed E-state index contributed by atoms with van der Waals surface area (Å²) in [5.74, 6) is 3.74. The van der Waals surface area contributed by atoms with Crippen molar-refractivity contribution in [2.45, 2.75) is 44.4 Å². The molecule has 1 saturated heterocycles. The Labute approximate surface area is 345 Å². The lowest BCUT2D eigenvalue weighted by molar-refractivity contribution is -0.141. The third-order valence-corrected chi connectivity index (χ3v) is 10.9. The van der Waals surface area contributed by atoms with Crippen molar-refractivity contribution in [2.75, 3.05) is 46.6 Å². The van der Waals surface area contributed by atoms with Crippen molar-refractivity contribution in [3.8, 4) is 35.1 Å². The van der Waals surface area contributed by atoms with Gasteiger partial charge in [0.25, 0.3) is 0 Å². The molecule has 302 valence electrons. The van der Waals surface area contributed by atoms with Crippen LogP contribution in [0.3, 0.4) is 0 Å². The molecular formula is C47H50N8O4. The summed E-state index contributed by atoms with van der Waals surface area (Å²) in [5.41, 5.74) is 5.19. The number of amides is 3. The number of H-pyrrole nitrogens is 1. The number of hydrogen-bond acceptors (Lipinski definition) is 8. The zero-order valence-corrected chi connectivity index (χ0v) is 34.1. The molecule has 3 heterocycles. The summed E-state index contributed by atoms with van der Waals surface area (Å²) in [7, 11) is 7.54. The Kier molecular flexibility index (Phi) is 12.4. The van der Waals surface area contributed by atoms with E-state index in [-0.39, 0.29) is 30.2 Å². The molecule has 2 N–H and O–H groups in total. The van der Waals surface area contributed by atoms with Gasteiger partial charge in [0.1, 0.15) is 29.5 Å². The van der Waals surface area contributed by atoms with Crippen molar-refractivity contribution in [1.82, 2.24) is 34.6 Å². The minimum atomic E-state index is -0.616. The average molecular weight is 791 g/mol. The van der Waals surface area contributed by atoms with Gasteiger partial charge >= 0.3 is 0 Å². The van der Waals surface area contributed by atoms with Crippen LogP contribution in [0.2, 0.25) is 0 Å². The van der Waals surface area contributed by atoms with Crippen molar-refractivity contribution < 1.29 is 18.8 Å². The fourth-order valence-corrected chi connectivity index (χ4v) is 7.99. The second kappa shape index (κ2) is 17.9. The Morgan fingerprint density at radius 3 is 2.27 bits per heavy atom. The Bertz CT molecular complexity index is 2450. The minimum absolute atomic E-state index is 0.0152. The summed E-state index contributed by atoms with van der Waals surface area (Å²) in [5, 5.41) is 3.08. The van der Waals surface area contributed by atoms with E-state index < -0.39 is 18.1 Å². The molecule has 2 aromatic heterocycles. The third kappa shape index (κ3) is 8.82. The number of oxazole rings is 1. The van der Waals surface area contributed by atoms with Gasteiger partial charge in [-0.05, 0) is 75.9 Å². The highest BCUT2D eigenvalue weighted by atomic mass is 16.4. The van der Waals surface area contributed by atoms with E-state index >= 15 is 0 Å². The molecule has 0 spiro atoms. The number of benzene rings is 4. The first-order chi connectivity index (χ1) is 28.5. The van der Waals surface area contributed by atoms with Gasteiger partial charge in [0, 0.05) is 30.8 Å². The highest BCUT2D eigenvalue weighted by molar-refractivity contribution is 5.99. The number of nitrogens with zero attached hydrogens (tertiary/aromatic N) is 6. The number of imidazole rings is 1. The molecule has 3 amide bonds. The summed E-state index contributed by atoms with van der Waals surface area (Å²) >= 11 is 0. The van der Waals surface area contributed by atoms with Crippen LogP contribution in [0.25, 0.3) is 33.8 Å². The number of hydrogen-bond donors (Lipinski definition) is 2. The van der Waals surface area contributed by atoms with Crippen LogP contribution in [0.5, 0.6) is 0 Å². The van der Waals surface area contributed by atoms with Gasteiger partial charge < -0.3 is 24.5 Å². The maximum Gasteiger partial charge on any atom is 0.247 e. The van der Waals surface area contributed by atoms with Crippen LogP contribution in [-0.4, -0.2) is 99.6 Å². The number of rotatable bonds is 14. The number of carbonyl (C=O) groups is 3. The molecule has 1 fully saturated rings. The molecule has 4 atom stereocenters. The first-order valence-corrected chi connectivity index (χ1v) is 19.8. The van der Waals surface area contributed by atoms with Crippen LogP contribution < -0.4 is 5.32 Å². The molecule has 4 unspecified atom stereocenters. The van der Waals surface area contributed by atoms with Gasteiger partial charge in [0.2, 0.25) is 23.6 Å². The smallest absolute Gasteiger partial charge is 0.247 e. The molecule has 4 aromatic carbocycles. The van der Waals surface area contributed by atoms with E-state index in [1.807, 2.05) is 148 Å². The van der Waals surface area contributed by atoms with Crippen LogP contribution >= 0.6 is 0 Å². The monoisotopic (exact) mass is 790 g/mol. The zero-order chi connectivity index (χ0) is 41.6. The molecule has 12 heteroatoms. The largest absolute Gasteiger partial charge is 0.436 e. The number of terminal acetylenes is 1. The summed E-state index contributed by atoms with van der Waals surface area (Å²) in [6.45, 7) is 3.13. The molecule has 0 bridgehead atoms. The fraction of sp³-hybridized carbons (Fsp3) is 0.298. The van der Waals surface area contributed by atoms with E-state index in [0.29, 0.717) is 53.8 Å². The number of likely N-dealkylation sites (tertiary alicyclic amines) is 1. The second-order valence-corrected chi connectivity index (χ2v) is 15.5. The highest BCUT2D eigenvalue weighted by Crippen LogP contribution is 2.34. The molecule has 1 aliphatic heterocycles. The Balaban J connectivity index is 1.09. The highest BCUT2D eigenvalue weighted by Gasteiger charge is 2.42. The Morgan fingerprint density at radius 1 is 0.915 bits per heavy atom. The molecule has 1 aliphatic rings. The van der Waals surface area contributed by atoms with Gasteiger partial charge in [0.05, 0.1) is 23.8 Å². The lowest BCUT2D eigenvalue weighted by Crippen LogP contribution is -2.49. The van der Waals surface area contributed by atoms with Crippen molar-refractivity contribution in [1.29, 1.82) is 0 Å². The number of carbonyl (C=O) groups excluding carboxylic acids is 3. The Hall–Kier alpha value is -6.55. The van der Waals surface area contributed by atoms with Gasteiger partial charge in [-0.2, -0.15) is 0 Å². The summed E-state index contributed by atoms with van der Waals surface area (Å²) in [6, 6.07) is 30.9. The molecule has 59 heavy (non-hydrogen) atoms. The standard InChI is InChI=1S/C47H50N8O4/c1-7-8-26-54(46(57)42(52(3)4)32-17-11-9-12-18-32)30-39-50-37-24-16-23-36(40(37)51-39)45-48-29-38(59-45)34-21-15-22-35(28-34)49-44(56)41-31(2)25-27-55(41)47(58)43(53(5)6)33-19-13-10-14-20-33/h1,9-24,28-29,31,41-43H,8,25-27,30H2,2-6H3,(H,49,56)(H,50,51). The molecule has 6 aromatic rings. The molecule has 12 nitrogen and oxygen atoms in total. The number of nitrogens with one attached hydrogen (secondary N) is 2. The fourth-order valence-electron chi connectivity index (χ4n) is 7.99. The van der Waals surface area contributed by atoms with Crippen molar-refractivity contribution in [3.05, 3.63) is 126 Å². The quantitative estimate of drug-likeness (QED) is 0.113. The number of anilines is 1. The zero-order valence-electron chi connectivity index (χ0n) is 34.1. The van der Waals surface area contributed by atoms with E-state index in [9.17, 15) is 14.4 Å². The van der Waals surface area contributed by atoms with Gasteiger partial charge in [-0.25, -0.2) is 9.97 Å². The molecular weight excluding hydrogens is 741 g/mol. The van der Waals surface area contributed by atoms with E-state index in [1.165, 1.54) is 0 Å². The first-order valence-electron chi connectivity index (χ1n) is 19.8. The predicted molar refractivity (Wildman–Crippen MR) is 230 cm³/mol. The number of aromatic amines is 1. The Morgan fingerprint density at radius 2 is 1.59 bits per heavy atom. The first kappa shape index (κ1) is 40.6. The SMILES string of the molecule is C#CCCN(Cc1nc2c(-c3ncc(-c4cccc(NC(=O)C5C(C)CCN5C(=O)C(c5ccccc5)N(C)C)c4)o3)cccc2[nH]1)C(=O)C(c1ccccc1)N(C)C. The van der Waals surface area contributed by atoms with Crippen molar-refractivity contribution >= 4 is 34.4 Å². The van der Waals surface area contributed by atoms with Crippen LogP contribution in [0.15, 0.2) is 114 Å². The topological polar surface area (TPSA) is 131 Å². The number of likely N-dealkylation sites (N-methyl/N-ethyl adjacent to an activating group) is 2. The summed E-state index contributed by atoms with van der Waals surface area (Å²) in [6.07, 6.45) is 8.43. The average Bonchev–Trinajstić information content (AvgIpc) is 3.99. The maximum atomic E-state index is 14.0. The third-order valence-electron chi connectivity index (χ3n) is 10.9. The summed E-state index contributed by atoms with van der Waals surface area (Å²) in [4.78, 5) is 62.2.